The van der Waals surface area contributed by atoms with Crippen LogP contribution in [0, 0.1) is 0 Å². The van der Waals surface area contributed by atoms with Gasteiger partial charge < -0.3 is 9.52 Å². The van der Waals surface area contributed by atoms with Gasteiger partial charge in [-0.05, 0) is 12.1 Å². The first-order chi connectivity index (χ1) is 14.3. The summed E-state index contributed by atoms with van der Waals surface area (Å²) in [5.74, 6) is -3.50. The van der Waals surface area contributed by atoms with Crippen LogP contribution in [0.5, 0.6) is 0 Å². The SMILES string of the molecule is O=C1ON=[N+](c2ccccc2)/C1=c1\oc(=O)/c(=C(/[O-])C(F)(F)F)n1-c1ccccc1. The van der Waals surface area contributed by atoms with Gasteiger partial charge in [-0.15, -0.1) is 0 Å². The highest BCUT2D eigenvalue weighted by atomic mass is 19.4. The zero-order valence-corrected chi connectivity index (χ0v) is 14.8. The number of hydrogen-bond donors (Lipinski definition) is 0. The van der Waals surface area contributed by atoms with Gasteiger partial charge in [-0.3, -0.25) is 9.40 Å². The van der Waals surface area contributed by atoms with Gasteiger partial charge in [0.15, 0.2) is 0 Å². The molecule has 4 rings (SSSR count). The fraction of sp³-hybridized carbons (Fsp3) is 0.0526. The van der Waals surface area contributed by atoms with E-state index in [0.717, 1.165) is 4.70 Å². The van der Waals surface area contributed by atoms with E-state index in [1.165, 1.54) is 24.3 Å². The number of aromatic nitrogens is 1. The molecule has 3 aromatic rings. The summed E-state index contributed by atoms with van der Waals surface area (Å²) in [7, 11) is 0. The Balaban J connectivity index is 2.19. The monoisotopic (exact) mass is 417 g/mol. The van der Waals surface area contributed by atoms with Crippen molar-refractivity contribution in [2.75, 3.05) is 0 Å². The van der Waals surface area contributed by atoms with Crippen LogP contribution in [0.25, 0.3) is 17.1 Å². The van der Waals surface area contributed by atoms with Crippen LogP contribution in [0.15, 0.2) is 75.2 Å². The van der Waals surface area contributed by atoms with Gasteiger partial charge in [-0.2, -0.15) is 13.2 Å². The molecule has 2 heterocycles. The van der Waals surface area contributed by atoms with E-state index >= 15 is 0 Å². The molecule has 8 nitrogen and oxygen atoms in total. The van der Waals surface area contributed by atoms with Crippen LogP contribution in [0.2, 0.25) is 0 Å². The minimum Gasteiger partial charge on any atom is -0.868 e. The van der Waals surface area contributed by atoms with Gasteiger partial charge in [0, 0.05) is 28.3 Å². The first-order valence-electron chi connectivity index (χ1n) is 8.36. The second kappa shape index (κ2) is 7.03. The molecule has 0 atom stereocenters. The molecule has 0 amide bonds. The topological polar surface area (TPSA) is 99.9 Å². The first kappa shape index (κ1) is 19.2. The van der Waals surface area contributed by atoms with Crippen LogP contribution < -0.4 is 21.6 Å². The van der Waals surface area contributed by atoms with Gasteiger partial charge in [-0.25, -0.2) is 9.59 Å². The summed E-state index contributed by atoms with van der Waals surface area (Å²) in [6.07, 6.45) is -5.35. The number of carbonyl (C=O) groups is 1. The largest absolute Gasteiger partial charge is 0.868 e. The van der Waals surface area contributed by atoms with E-state index in [2.05, 4.69) is 10.1 Å². The second-order valence-electron chi connectivity index (χ2n) is 6.00. The average Bonchev–Trinajstić information content (AvgIpc) is 3.27. The highest BCUT2D eigenvalue weighted by molar-refractivity contribution is 6.06. The molecule has 0 saturated carbocycles. The van der Waals surface area contributed by atoms with Crippen molar-refractivity contribution < 1.29 is 37.0 Å². The molecule has 1 aromatic heterocycles. The molecule has 1 aliphatic rings. The molecule has 0 radical (unpaired) electrons. The molecule has 0 unspecified atom stereocenters. The average molecular weight is 417 g/mol. The zero-order chi connectivity index (χ0) is 21.5. The van der Waals surface area contributed by atoms with E-state index in [0.29, 0.717) is 10.3 Å². The maximum absolute atomic E-state index is 13.1. The highest BCUT2D eigenvalue weighted by Crippen LogP contribution is 2.23. The normalized spacial score (nSPS) is 16.9. The number of carbonyl (C=O) groups excluding carboxylic acids is 1. The quantitative estimate of drug-likeness (QED) is 0.576. The summed E-state index contributed by atoms with van der Waals surface area (Å²) in [5.41, 5.74) is -2.36. The Morgan fingerprint density at radius 3 is 2.20 bits per heavy atom. The van der Waals surface area contributed by atoms with Crippen molar-refractivity contribution in [3.63, 3.8) is 0 Å². The van der Waals surface area contributed by atoms with Crippen molar-refractivity contribution in [2.45, 2.75) is 6.18 Å². The molecule has 152 valence electrons. The lowest BCUT2D eigenvalue weighted by Crippen LogP contribution is -2.42. The summed E-state index contributed by atoms with van der Waals surface area (Å²) in [6.45, 7) is 0. The lowest BCUT2D eigenvalue weighted by atomic mass is 10.3. The van der Waals surface area contributed by atoms with E-state index in [-0.39, 0.29) is 5.69 Å². The Bertz CT molecular complexity index is 1340. The van der Waals surface area contributed by atoms with E-state index in [4.69, 9.17) is 4.42 Å². The van der Waals surface area contributed by atoms with Crippen molar-refractivity contribution >= 4 is 23.1 Å². The van der Waals surface area contributed by atoms with E-state index in [1.54, 1.807) is 36.4 Å². The lowest BCUT2D eigenvalue weighted by Gasteiger charge is -2.15. The predicted molar refractivity (Wildman–Crippen MR) is 91.3 cm³/mol. The highest BCUT2D eigenvalue weighted by Gasteiger charge is 2.41. The van der Waals surface area contributed by atoms with Gasteiger partial charge in [0.05, 0.1) is 0 Å². The Morgan fingerprint density at radius 2 is 1.60 bits per heavy atom. The molecular weight excluding hydrogens is 407 g/mol. The van der Waals surface area contributed by atoms with Gasteiger partial charge in [0.25, 0.3) is 5.55 Å². The zero-order valence-electron chi connectivity index (χ0n) is 14.8. The van der Waals surface area contributed by atoms with E-state index < -0.39 is 40.1 Å². The Labute approximate surface area is 164 Å². The first-order valence-corrected chi connectivity index (χ1v) is 8.36. The third kappa shape index (κ3) is 3.15. The van der Waals surface area contributed by atoms with Crippen molar-refractivity contribution in [3.05, 3.63) is 82.0 Å². The lowest BCUT2D eigenvalue weighted by molar-refractivity contribution is -0.429. The molecule has 0 saturated heterocycles. The molecule has 0 bridgehead atoms. The van der Waals surface area contributed by atoms with E-state index in [9.17, 15) is 27.9 Å². The fourth-order valence-electron chi connectivity index (χ4n) is 2.85. The van der Waals surface area contributed by atoms with Gasteiger partial charge in [-0.1, -0.05) is 36.4 Å². The number of benzene rings is 2. The molecule has 0 spiro atoms. The minimum absolute atomic E-state index is 0.00818. The number of rotatable bonds is 2. The maximum Gasteiger partial charge on any atom is 0.443 e. The molecule has 0 fully saturated rings. The van der Waals surface area contributed by atoms with Crippen molar-refractivity contribution in [1.29, 1.82) is 0 Å². The summed E-state index contributed by atoms with van der Waals surface area (Å²) >= 11 is 0. The van der Waals surface area contributed by atoms with Crippen LogP contribution in [0.4, 0.5) is 18.9 Å². The molecule has 1 aliphatic heterocycles. The van der Waals surface area contributed by atoms with Crippen LogP contribution in [0.1, 0.15) is 0 Å². The number of nitrogens with zero attached hydrogens (tertiary/aromatic N) is 3. The van der Waals surface area contributed by atoms with Crippen LogP contribution in [-0.4, -0.2) is 21.4 Å². The van der Waals surface area contributed by atoms with Crippen LogP contribution in [-0.2, 0) is 9.63 Å². The van der Waals surface area contributed by atoms with Crippen molar-refractivity contribution in [1.82, 2.24) is 4.57 Å². The van der Waals surface area contributed by atoms with E-state index in [1.807, 2.05) is 0 Å². The molecule has 11 heteroatoms. The molecule has 2 aromatic carbocycles. The minimum atomic E-state index is -5.35. The molecule has 0 N–H and O–H groups in total. The summed E-state index contributed by atoms with van der Waals surface area (Å²) in [4.78, 5) is 29.3. The third-order valence-electron chi connectivity index (χ3n) is 4.11. The third-order valence-corrected chi connectivity index (χ3v) is 4.11. The Hall–Kier alpha value is -4.15. The number of oxazole rings is 1. The summed E-state index contributed by atoms with van der Waals surface area (Å²) in [5, 5.41) is 14.2. The summed E-state index contributed by atoms with van der Waals surface area (Å²) in [6, 6.07) is 15.2. The predicted octanol–water partition coefficient (Wildman–Crippen LogP) is 0.838. The smallest absolute Gasteiger partial charge is 0.443 e. The second-order valence-corrected chi connectivity index (χ2v) is 6.00. The standard InChI is InChI=1S/C19H10F3N3O5/c20-19(21,22)15(26)13-17(27)29-16(24(13)11-7-3-1-4-8-11)14-18(28)30-23-25(14)12-9-5-2-6-10-12/h1-10H/b16-14-. The number of para-hydroxylation sites is 2. The number of hydrogen-bond acceptors (Lipinski definition) is 6. The van der Waals surface area contributed by atoms with Crippen LogP contribution >= 0.6 is 0 Å². The maximum atomic E-state index is 13.1. The Morgan fingerprint density at radius 1 is 1.00 bits per heavy atom. The number of halogens is 3. The molecular formula is C19H10F3N3O5. The summed E-state index contributed by atoms with van der Waals surface area (Å²) < 4.78 is 46.0. The number of alkyl halides is 3. The van der Waals surface area contributed by atoms with Crippen molar-refractivity contribution in [2.24, 2.45) is 5.28 Å². The molecule has 0 aliphatic carbocycles. The fourth-order valence-corrected chi connectivity index (χ4v) is 2.85. The van der Waals surface area contributed by atoms with Crippen LogP contribution in [0.3, 0.4) is 0 Å². The van der Waals surface area contributed by atoms with Gasteiger partial charge in [0.1, 0.15) is 5.35 Å². The molecule has 30 heavy (non-hydrogen) atoms. The van der Waals surface area contributed by atoms with Gasteiger partial charge >= 0.3 is 23.5 Å². The van der Waals surface area contributed by atoms with Crippen molar-refractivity contribution in [3.8, 4) is 5.69 Å². The van der Waals surface area contributed by atoms with Gasteiger partial charge in [0.2, 0.25) is 11.0 Å². The Kier molecular flexibility index (Phi) is 4.49.